The molecule has 2 amide bonds. The van der Waals surface area contributed by atoms with Crippen LogP contribution in [0.2, 0.25) is 0 Å². The fraction of sp³-hybridized carbons (Fsp3) is 0.462. The highest BCUT2D eigenvalue weighted by atomic mass is 32.2. The molecule has 0 atom stereocenters. The second kappa shape index (κ2) is 19.0. The zero-order valence-electron chi connectivity index (χ0n) is 20.8. The second-order valence-corrected chi connectivity index (χ2v) is 9.85. The summed E-state index contributed by atoms with van der Waals surface area (Å²) in [7, 11) is 7.09. The van der Waals surface area contributed by atoms with Gasteiger partial charge in [-0.2, -0.15) is 0 Å². The summed E-state index contributed by atoms with van der Waals surface area (Å²) in [5, 5.41) is 0.239. The first-order valence-electron chi connectivity index (χ1n) is 11.4. The van der Waals surface area contributed by atoms with Gasteiger partial charge in [0.15, 0.2) is 0 Å². The molecular formula is C26H38N2O4S2. The van der Waals surface area contributed by atoms with E-state index in [1.54, 1.807) is 38.0 Å². The molecule has 0 saturated heterocycles. The van der Waals surface area contributed by atoms with E-state index >= 15 is 0 Å². The molecule has 0 aliphatic carbocycles. The van der Waals surface area contributed by atoms with Gasteiger partial charge in [-0.1, -0.05) is 59.9 Å². The molecule has 0 aromatic heterocycles. The SMILES string of the molecule is CN(C)C(=O)SCCCCOc1ccccc1.CN(C)C(=O)SCCCCOc1ccccc1. The Morgan fingerprint density at radius 1 is 0.618 bits per heavy atom. The number of para-hydroxylation sites is 2. The molecule has 34 heavy (non-hydrogen) atoms. The normalized spacial score (nSPS) is 10.0. The smallest absolute Gasteiger partial charge is 0.281 e. The summed E-state index contributed by atoms with van der Waals surface area (Å²) in [6.45, 7) is 1.42. The van der Waals surface area contributed by atoms with Crippen molar-refractivity contribution in [3.63, 3.8) is 0 Å². The van der Waals surface area contributed by atoms with Gasteiger partial charge in [0, 0.05) is 39.7 Å². The number of amides is 2. The summed E-state index contributed by atoms with van der Waals surface area (Å²) in [5.41, 5.74) is 0. The Morgan fingerprint density at radius 2 is 0.971 bits per heavy atom. The zero-order valence-corrected chi connectivity index (χ0v) is 22.4. The number of nitrogens with zero attached hydrogens (tertiary/aromatic N) is 2. The number of ether oxygens (including phenoxy) is 2. The minimum Gasteiger partial charge on any atom is -0.494 e. The van der Waals surface area contributed by atoms with Gasteiger partial charge in [0.1, 0.15) is 11.5 Å². The molecule has 0 aliphatic heterocycles. The molecule has 2 aromatic rings. The molecule has 6 nitrogen and oxygen atoms in total. The number of carbonyl (C=O) groups excluding carboxylic acids is 2. The van der Waals surface area contributed by atoms with E-state index in [1.807, 2.05) is 60.7 Å². The van der Waals surface area contributed by atoms with Crippen LogP contribution in [-0.2, 0) is 0 Å². The maximum atomic E-state index is 11.3. The molecule has 8 heteroatoms. The van der Waals surface area contributed by atoms with Gasteiger partial charge >= 0.3 is 0 Å². The third kappa shape index (κ3) is 15.5. The number of benzene rings is 2. The van der Waals surface area contributed by atoms with Gasteiger partial charge in [0.05, 0.1) is 13.2 Å². The van der Waals surface area contributed by atoms with E-state index in [9.17, 15) is 9.59 Å². The Hall–Kier alpha value is -2.32. The van der Waals surface area contributed by atoms with Crippen molar-refractivity contribution < 1.29 is 19.1 Å². The predicted molar refractivity (Wildman–Crippen MR) is 145 cm³/mol. The van der Waals surface area contributed by atoms with Crippen molar-refractivity contribution in [3.05, 3.63) is 60.7 Å². The molecule has 188 valence electrons. The molecule has 2 rings (SSSR count). The minimum atomic E-state index is 0.119. The highest BCUT2D eigenvalue weighted by Gasteiger charge is 2.04. The summed E-state index contributed by atoms with van der Waals surface area (Å²) in [6, 6.07) is 19.6. The van der Waals surface area contributed by atoms with E-state index in [1.165, 1.54) is 23.5 Å². The third-order valence-electron chi connectivity index (χ3n) is 4.28. The van der Waals surface area contributed by atoms with Crippen LogP contribution in [-0.4, -0.2) is 73.2 Å². The number of thioether (sulfide) groups is 2. The quantitative estimate of drug-likeness (QED) is 0.305. The summed E-state index contributed by atoms with van der Waals surface area (Å²) in [4.78, 5) is 25.7. The van der Waals surface area contributed by atoms with Gasteiger partial charge in [-0.05, 0) is 49.9 Å². The predicted octanol–water partition coefficient (Wildman–Crippen LogP) is 6.52. The van der Waals surface area contributed by atoms with Gasteiger partial charge in [-0.25, -0.2) is 0 Å². The third-order valence-corrected chi connectivity index (χ3v) is 6.49. The lowest BCUT2D eigenvalue weighted by Crippen LogP contribution is -2.16. The van der Waals surface area contributed by atoms with Gasteiger partial charge in [0.2, 0.25) is 0 Å². The average Bonchev–Trinajstić information content (AvgIpc) is 2.84. The number of hydrogen-bond acceptors (Lipinski definition) is 6. The molecule has 0 aliphatic rings. The molecule has 0 unspecified atom stereocenters. The summed E-state index contributed by atoms with van der Waals surface area (Å²) in [5.74, 6) is 3.53. The van der Waals surface area contributed by atoms with Gasteiger partial charge in [-0.3, -0.25) is 9.59 Å². The first-order valence-corrected chi connectivity index (χ1v) is 13.4. The van der Waals surface area contributed by atoms with Crippen LogP contribution >= 0.6 is 23.5 Å². The van der Waals surface area contributed by atoms with E-state index in [-0.39, 0.29) is 10.5 Å². The van der Waals surface area contributed by atoms with E-state index in [4.69, 9.17) is 9.47 Å². The fourth-order valence-corrected chi connectivity index (χ4v) is 3.96. The van der Waals surface area contributed by atoms with Crippen LogP contribution in [0, 0.1) is 0 Å². The Balaban J connectivity index is 0.000000340. The molecule has 2 aromatic carbocycles. The Kier molecular flexibility index (Phi) is 16.6. The van der Waals surface area contributed by atoms with Gasteiger partial charge < -0.3 is 19.3 Å². The van der Waals surface area contributed by atoms with Crippen molar-refractivity contribution >= 4 is 34.0 Å². The van der Waals surface area contributed by atoms with Gasteiger partial charge in [0.25, 0.3) is 10.5 Å². The number of unbranched alkanes of at least 4 members (excludes halogenated alkanes) is 2. The van der Waals surface area contributed by atoms with Crippen molar-refractivity contribution in [2.75, 3.05) is 52.9 Å². The lowest BCUT2D eigenvalue weighted by Gasteiger charge is -2.09. The number of rotatable bonds is 12. The molecule has 0 fully saturated rings. The van der Waals surface area contributed by atoms with Crippen LogP contribution < -0.4 is 9.47 Å². The summed E-state index contributed by atoms with van der Waals surface area (Å²) < 4.78 is 11.1. The van der Waals surface area contributed by atoms with Crippen LogP contribution in [0.4, 0.5) is 9.59 Å². The van der Waals surface area contributed by atoms with Crippen LogP contribution in [0.15, 0.2) is 60.7 Å². The standard InChI is InChI=1S/2C13H19NO2S/c2*1-14(2)13(15)17-11-7-6-10-16-12-8-4-3-5-9-12/h2*3-5,8-9H,6-7,10-11H2,1-2H3. The second-order valence-electron chi connectivity index (χ2n) is 7.75. The number of carbonyl (C=O) groups is 2. The highest BCUT2D eigenvalue weighted by Crippen LogP contribution is 2.12. The topological polar surface area (TPSA) is 59.1 Å². The van der Waals surface area contributed by atoms with Crippen LogP contribution in [0.3, 0.4) is 0 Å². The zero-order chi connectivity index (χ0) is 25.0. The van der Waals surface area contributed by atoms with E-state index < -0.39 is 0 Å². The molecule has 0 bridgehead atoms. The van der Waals surface area contributed by atoms with E-state index in [2.05, 4.69) is 0 Å². The maximum Gasteiger partial charge on any atom is 0.281 e. The van der Waals surface area contributed by atoms with Gasteiger partial charge in [-0.15, -0.1) is 0 Å². The molecule has 0 N–H and O–H groups in total. The summed E-state index contributed by atoms with van der Waals surface area (Å²) >= 11 is 2.72. The van der Waals surface area contributed by atoms with Crippen molar-refractivity contribution in [1.82, 2.24) is 9.80 Å². The average molecular weight is 507 g/mol. The monoisotopic (exact) mass is 506 g/mol. The lowest BCUT2D eigenvalue weighted by molar-refractivity contribution is 0.240. The van der Waals surface area contributed by atoms with E-state index in [0.29, 0.717) is 13.2 Å². The first-order chi connectivity index (χ1) is 16.4. The number of hydrogen-bond donors (Lipinski definition) is 0. The molecule has 0 saturated carbocycles. The molecule has 0 radical (unpaired) electrons. The van der Waals surface area contributed by atoms with Crippen molar-refractivity contribution in [2.45, 2.75) is 25.7 Å². The maximum absolute atomic E-state index is 11.3. The first kappa shape index (κ1) is 29.7. The summed E-state index contributed by atoms with van der Waals surface area (Å²) in [6.07, 6.45) is 3.94. The highest BCUT2D eigenvalue weighted by molar-refractivity contribution is 8.13. The minimum absolute atomic E-state index is 0.119. The van der Waals surface area contributed by atoms with Crippen LogP contribution in [0.1, 0.15) is 25.7 Å². The Morgan fingerprint density at radius 3 is 1.29 bits per heavy atom. The van der Waals surface area contributed by atoms with E-state index in [0.717, 1.165) is 48.7 Å². The lowest BCUT2D eigenvalue weighted by atomic mass is 10.3. The van der Waals surface area contributed by atoms with Crippen molar-refractivity contribution in [2.24, 2.45) is 0 Å². The van der Waals surface area contributed by atoms with Crippen molar-refractivity contribution in [3.8, 4) is 11.5 Å². The Bertz CT molecular complexity index is 722. The largest absolute Gasteiger partial charge is 0.494 e. The van der Waals surface area contributed by atoms with Crippen LogP contribution in [0.25, 0.3) is 0 Å². The molecule has 0 heterocycles. The van der Waals surface area contributed by atoms with Crippen molar-refractivity contribution in [1.29, 1.82) is 0 Å². The Labute approximate surface area is 213 Å². The molecular weight excluding hydrogens is 468 g/mol. The molecule has 0 spiro atoms. The van der Waals surface area contributed by atoms with Crippen LogP contribution in [0.5, 0.6) is 11.5 Å². The fourth-order valence-electron chi connectivity index (χ4n) is 2.40.